The Kier molecular flexibility index (Phi) is 6.85. The fourth-order valence-electron chi connectivity index (χ4n) is 4.52. The second-order valence-electron chi connectivity index (χ2n) is 9.97. The van der Waals surface area contributed by atoms with Gasteiger partial charge >= 0.3 is 0 Å². The van der Waals surface area contributed by atoms with E-state index < -0.39 is 0 Å². The van der Waals surface area contributed by atoms with Crippen molar-refractivity contribution in [1.29, 1.82) is 0 Å². The fourth-order valence-corrected chi connectivity index (χ4v) is 4.52. The van der Waals surface area contributed by atoms with Gasteiger partial charge in [0.15, 0.2) is 0 Å². The third-order valence-electron chi connectivity index (χ3n) is 5.95. The number of amides is 1. The lowest BCUT2D eigenvalue weighted by Gasteiger charge is -2.35. The number of furan rings is 1. The van der Waals surface area contributed by atoms with Crippen molar-refractivity contribution in [3.05, 3.63) is 60.4 Å². The number of ether oxygens (including phenoxy) is 1. The Balaban J connectivity index is 1.35. The second kappa shape index (κ2) is 9.78. The minimum Gasteiger partial charge on any atom is -0.493 e. The molecule has 0 saturated carbocycles. The Morgan fingerprint density at radius 3 is 2.59 bits per heavy atom. The smallest absolute Gasteiger partial charge is 0.227 e. The van der Waals surface area contributed by atoms with Crippen molar-refractivity contribution in [2.45, 2.75) is 46.0 Å². The molecule has 2 heterocycles. The normalized spacial score (nSPS) is 15.7. The monoisotopic (exact) mass is 434 g/mol. The quantitative estimate of drug-likeness (QED) is 0.491. The van der Waals surface area contributed by atoms with Gasteiger partial charge in [-0.05, 0) is 67.6 Å². The number of para-hydroxylation sites is 1. The van der Waals surface area contributed by atoms with Gasteiger partial charge in [-0.2, -0.15) is 0 Å². The molecule has 5 heteroatoms. The summed E-state index contributed by atoms with van der Waals surface area (Å²) in [6.07, 6.45) is 4.49. The zero-order valence-corrected chi connectivity index (χ0v) is 19.4. The highest BCUT2D eigenvalue weighted by Crippen LogP contribution is 2.36. The fraction of sp³-hybridized carbons (Fsp3) is 0.444. The Morgan fingerprint density at radius 2 is 1.88 bits per heavy atom. The Morgan fingerprint density at radius 1 is 1.12 bits per heavy atom. The Hall–Kier alpha value is -2.79. The lowest BCUT2D eigenvalue weighted by Crippen LogP contribution is -2.38. The number of piperidine rings is 1. The molecule has 1 aliphatic rings. The number of anilines is 1. The van der Waals surface area contributed by atoms with Crippen LogP contribution in [0, 0.1) is 5.41 Å². The predicted molar refractivity (Wildman–Crippen MR) is 129 cm³/mol. The molecule has 1 saturated heterocycles. The summed E-state index contributed by atoms with van der Waals surface area (Å²) in [6.45, 7) is 10.6. The third-order valence-corrected chi connectivity index (χ3v) is 5.95. The molecule has 1 aromatic heterocycles. The maximum Gasteiger partial charge on any atom is 0.227 e. The van der Waals surface area contributed by atoms with Gasteiger partial charge in [-0.25, -0.2) is 0 Å². The van der Waals surface area contributed by atoms with Gasteiger partial charge in [0.05, 0.1) is 19.3 Å². The summed E-state index contributed by atoms with van der Waals surface area (Å²) < 4.78 is 11.5. The van der Waals surface area contributed by atoms with Crippen LogP contribution in [-0.2, 0) is 4.79 Å². The number of rotatable bonds is 7. The third kappa shape index (κ3) is 5.92. The number of carbonyl (C=O) groups excluding carboxylic acids is 1. The van der Waals surface area contributed by atoms with Crippen LogP contribution in [0.25, 0.3) is 11.0 Å². The SMILES string of the molecule is CC(C)(C)CN1CCC(c2coc3ccc(NC(=O)CCOc4ccccc4)cc23)CC1. The number of fused-ring (bicyclic) bond motifs is 1. The molecule has 0 spiro atoms. The van der Waals surface area contributed by atoms with Gasteiger partial charge in [-0.15, -0.1) is 0 Å². The molecule has 1 N–H and O–H groups in total. The highest BCUT2D eigenvalue weighted by Gasteiger charge is 2.26. The van der Waals surface area contributed by atoms with Crippen molar-refractivity contribution in [3.63, 3.8) is 0 Å². The molecular weight excluding hydrogens is 400 g/mol. The standard InChI is InChI=1S/C27H34N2O3/c1-27(2,3)19-29-14-11-20(12-15-29)24-18-32-25-10-9-21(17-23(24)25)28-26(30)13-16-31-22-7-5-4-6-8-22/h4-10,17-18,20H,11-16,19H2,1-3H3,(H,28,30). The van der Waals surface area contributed by atoms with E-state index in [2.05, 4.69) is 31.0 Å². The summed E-state index contributed by atoms with van der Waals surface area (Å²) in [7, 11) is 0. The zero-order valence-electron chi connectivity index (χ0n) is 19.4. The molecule has 0 radical (unpaired) electrons. The van der Waals surface area contributed by atoms with Gasteiger partial charge in [-0.1, -0.05) is 39.0 Å². The molecule has 32 heavy (non-hydrogen) atoms. The summed E-state index contributed by atoms with van der Waals surface area (Å²) >= 11 is 0. The topological polar surface area (TPSA) is 54.7 Å². The van der Waals surface area contributed by atoms with Crippen molar-refractivity contribution in [2.24, 2.45) is 5.41 Å². The summed E-state index contributed by atoms with van der Waals surface area (Å²) in [4.78, 5) is 15.0. The molecule has 5 nitrogen and oxygen atoms in total. The van der Waals surface area contributed by atoms with E-state index in [1.165, 1.54) is 5.56 Å². The molecule has 1 aliphatic heterocycles. The molecule has 0 aliphatic carbocycles. The summed E-state index contributed by atoms with van der Waals surface area (Å²) in [6, 6.07) is 15.4. The van der Waals surface area contributed by atoms with E-state index in [-0.39, 0.29) is 5.91 Å². The number of carbonyl (C=O) groups is 1. The summed E-state index contributed by atoms with van der Waals surface area (Å²) in [5.74, 6) is 1.22. The van der Waals surface area contributed by atoms with Gasteiger partial charge in [0.2, 0.25) is 5.91 Å². The van der Waals surface area contributed by atoms with Crippen LogP contribution < -0.4 is 10.1 Å². The van der Waals surface area contributed by atoms with Gasteiger partial charge < -0.3 is 19.4 Å². The Labute approximate surface area is 190 Å². The largest absolute Gasteiger partial charge is 0.493 e. The van der Waals surface area contributed by atoms with Crippen molar-refractivity contribution >= 4 is 22.6 Å². The lowest BCUT2D eigenvalue weighted by atomic mass is 9.87. The minimum atomic E-state index is -0.0548. The highest BCUT2D eigenvalue weighted by molar-refractivity contribution is 5.94. The van der Waals surface area contributed by atoms with E-state index in [9.17, 15) is 4.79 Å². The Bertz CT molecular complexity index is 1030. The van der Waals surface area contributed by atoms with Crippen LogP contribution in [-0.4, -0.2) is 37.0 Å². The first-order valence-electron chi connectivity index (χ1n) is 11.6. The first-order valence-corrected chi connectivity index (χ1v) is 11.6. The maximum atomic E-state index is 12.4. The van der Waals surface area contributed by atoms with Crippen LogP contribution in [0.2, 0.25) is 0 Å². The van der Waals surface area contributed by atoms with Gasteiger partial charge in [0.25, 0.3) is 0 Å². The first kappa shape index (κ1) is 22.4. The van der Waals surface area contributed by atoms with Crippen molar-refractivity contribution < 1.29 is 13.9 Å². The van der Waals surface area contributed by atoms with Crippen LogP contribution in [0.5, 0.6) is 5.75 Å². The number of hydrogen-bond acceptors (Lipinski definition) is 4. The number of hydrogen-bond donors (Lipinski definition) is 1. The van der Waals surface area contributed by atoms with Crippen LogP contribution in [0.4, 0.5) is 5.69 Å². The zero-order chi connectivity index (χ0) is 22.6. The molecular formula is C27H34N2O3. The second-order valence-corrected chi connectivity index (χ2v) is 9.97. The van der Waals surface area contributed by atoms with E-state index >= 15 is 0 Å². The average Bonchev–Trinajstić information content (AvgIpc) is 3.17. The molecule has 1 fully saturated rings. The van der Waals surface area contributed by atoms with Crippen molar-refractivity contribution in [1.82, 2.24) is 4.90 Å². The molecule has 3 aromatic rings. The number of nitrogens with zero attached hydrogens (tertiary/aromatic N) is 1. The van der Waals surface area contributed by atoms with Gasteiger partial charge in [0.1, 0.15) is 11.3 Å². The maximum absolute atomic E-state index is 12.4. The number of likely N-dealkylation sites (tertiary alicyclic amines) is 1. The predicted octanol–water partition coefficient (Wildman–Crippen LogP) is 6.07. The highest BCUT2D eigenvalue weighted by atomic mass is 16.5. The molecule has 0 unspecified atom stereocenters. The summed E-state index contributed by atoms with van der Waals surface area (Å²) in [5.41, 5.74) is 3.27. The van der Waals surface area contributed by atoms with E-state index in [4.69, 9.17) is 9.15 Å². The van der Waals surface area contributed by atoms with E-state index in [1.807, 2.05) is 54.8 Å². The molecule has 0 atom stereocenters. The van der Waals surface area contributed by atoms with Crippen molar-refractivity contribution in [3.8, 4) is 5.75 Å². The van der Waals surface area contributed by atoms with Gasteiger partial charge in [0, 0.05) is 23.2 Å². The van der Waals surface area contributed by atoms with Crippen LogP contribution >= 0.6 is 0 Å². The van der Waals surface area contributed by atoms with Crippen LogP contribution in [0.3, 0.4) is 0 Å². The molecule has 170 valence electrons. The molecule has 4 rings (SSSR count). The van der Waals surface area contributed by atoms with Crippen LogP contribution in [0.15, 0.2) is 59.2 Å². The van der Waals surface area contributed by atoms with E-state index in [0.717, 1.165) is 54.9 Å². The molecule has 1 amide bonds. The summed E-state index contributed by atoms with van der Waals surface area (Å²) in [5, 5.41) is 4.11. The lowest BCUT2D eigenvalue weighted by molar-refractivity contribution is -0.116. The molecule has 2 aromatic carbocycles. The van der Waals surface area contributed by atoms with Gasteiger partial charge in [-0.3, -0.25) is 4.79 Å². The van der Waals surface area contributed by atoms with E-state index in [0.29, 0.717) is 24.4 Å². The number of benzene rings is 2. The average molecular weight is 435 g/mol. The molecule has 0 bridgehead atoms. The minimum absolute atomic E-state index is 0.0548. The van der Waals surface area contributed by atoms with E-state index in [1.54, 1.807) is 0 Å². The van der Waals surface area contributed by atoms with Crippen LogP contribution in [0.1, 0.15) is 51.5 Å². The number of nitrogens with one attached hydrogen (secondary N) is 1. The first-order chi connectivity index (χ1) is 15.4. The van der Waals surface area contributed by atoms with Crippen molar-refractivity contribution in [2.75, 3.05) is 31.6 Å².